The fourth-order valence-corrected chi connectivity index (χ4v) is 2.29. The van der Waals surface area contributed by atoms with Gasteiger partial charge in [0.2, 0.25) is 0 Å². The fraction of sp³-hybridized carbons (Fsp3) is 1.00. The van der Waals surface area contributed by atoms with E-state index < -0.39 is 0 Å². The first-order chi connectivity index (χ1) is 6.95. The third-order valence-corrected chi connectivity index (χ3v) is 3.17. The maximum Gasteiger partial charge on any atom is 0.109 e. The molecular weight excluding hydrogens is 212 g/mol. The molecular formula is C11H23ClN2O. The standard InChI is InChI=1S/C11H22N2O.ClH/c1-2-7-13(8-3-1)9-5-11-12-6-4-10-14-11;/h11-12H,1-10H2;1H. The summed E-state index contributed by atoms with van der Waals surface area (Å²) in [7, 11) is 0. The van der Waals surface area contributed by atoms with Gasteiger partial charge in [0.1, 0.15) is 6.23 Å². The number of ether oxygens (including phenoxy) is 1. The van der Waals surface area contributed by atoms with Gasteiger partial charge in [-0.3, -0.25) is 5.32 Å². The van der Waals surface area contributed by atoms with E-state index in [9.17, 15) is 0 Å². The number of rotatable bonds is 3. The van der Waals surface area contributed by atoms with Crippen LogP contribution in [0.1, 0.15) is 32.1 Å². The molecule has 2 fully saturated rings. The summed E-state index contributed by atoms with van der Waals surface area (Å²) >= 11 is 0. The summed E-state index contributed by atoms with van der Waals surface area (Å²) in [5.74, 6) is 0. The van der Waals surface area contributed by atoms with Gasteiger partial charge in [-0.25, -0.2) is 0 Å². The molecule has 1 atom stereocenters. The molecule has 0 aromatic carbocycles. The summed E-state index contributed by atoms with van der Waals surface area (Å²) in [5.41, 5.74) is 0. The largest absolute Gasteiger partial charge is 0.363 e. The molecule has 2 rings (SSSR count). The molecule has 0 aromatic rings. The van der Waals surface area contributed by atoms with Gasteiger partial charge in [0.15, 0.2) is 0 Å². The summed E-state index contributed by atoms with van der Waals surface area (Å²) in [6, 6.07) is 0. The fourth-order valence-electron chi connectivity index (χ4n) is 2.29. The molecule has 0 saturated carbocycles. The first kappa shape index (κ1) is 13.2. The minimum absolute atomic E-state index is 0. The van der Waals surface area contributed by atoms with Crippen LogP contribution in [0.15, 0.2) is 0 Å². The summed E-state index contributed by atoms with van der Waals surface area (Å²) < 4.78 is 5.63. The highest BCUT2D eigenvalue weighted by Gasteiger charge is 2.15. The van der Waals surface area contributed by atoms with Crippen molar-refractivity contribution in [1.29, 1.82) is 0 Å². The molecule has 0 radical (unpaired) electrons. The van der Waals surface area contributed by atoms with Crippen molar-refractivity contribution < 1.29 is 4.74 Å². The number of nitrogens with one attached hydrogen (secondary N) is 1. The van der Waals surface area contributed by atoms with E-state index in [0.29, 0.717) is 6.23 Å². The molecule has 90 valence electrons. The Bertz CT molecular complexity index is 139. The Hall–Kier alpha value is 0.170. The highest BCUT2D eigenvalue weighted by molar-refractivity contribution is 5.85. The number of hydrogen-bond donors (Lipinski definition) is 1. The highest BCUT2D eigenvalue weighted by Crippen LogP contribution is 2.10. The van der Waals surface area contributed by atoms with E-state index in [1.54, 1.807) is 0 Å². The second-order valence-corrected chi connectivity index (χ2v) is 4.36. The van der Waals surface area contributed by atoms with Gasteiger partial charge in [0.25, 0.3) is 0 Å². The predicted octanol–water partition coefficient (Wildman–Crippen LogP) is 1.62. The molecule has 2 aliphatic heterocycles. The van der Waals surface area contributed by atoms with Gasteiger partial charge in [-0.2, -0.15) is 0 Å². The minimum Gasteiger partial charge on any atom is -0.363 e. The molecule has 0 spiro atoms. The zero-order valence-corrected chi connectivity index (χ0v) is 10.2. The van der Waals surface area contributed by atoms with Crippen LogP contribution in [0.2, 0.25) is 0 Å². The van der Waals surface area contributed by atoms with E-state index in [-0.39, 0.29) is 12.4 Å². The van der Waals surface area contributed by atoms with Crippen LogP contribution >= 0.6 is 12.4 Å². The molecule has 4 heteroatoms. The van der Waals surface area contributed by atoms with Gasteiger partial charge in [-0.1, -0.05) is 6.42 Å². The molecule has 1 unspecified atom stereocenters. The van der Waals surface area contributed by atoms with Gasteiger partial charge >= 0.3 is 0 Å². The number of piperidine rings is 1. The van der Waals surface area contributed by atoms with Crippen molar-refractivity contribution in [3.8, 4) is 0 Å². The van der Waals surface area contributed by atoms with Gasteiger partial charge in [-0.15, -0.1) is 12.4 Å². The molecule has 3 nitrogen and oxygen atoms in total. The molecule has 0 aromatic heterocycles. The Morgan fingerprint density at radius 1 is 1.13 bits per heavy atom. The van der Waals surface area contributed by atoms with E-state index in [0.717, 1.165) is 19.6 Å². The number of hydrogen-bond acceptors (Lipinski definition) is 3. The molecule has 0 amide bonds. The van der Waals surface area contributed by atoms with Crippen molar-refractivity contribution in [2.24, 2.45) is 0 Å². The third-order valence-electron chi connectivity index (χ3n) is 3.17. The number of likely N-dealkylation sites (tertiary alicyclic amines) is 1. The molecule has 2 heterocycles. The second kappa shape index (κ2) is 7.44. The van der Waals surface area contributed by atoms with Crippen LogP contribution in [-0.2, 0) is 4.74 Å². The average Bonchev–Trinajstić information content (AvgIpc) is 2.29. The van der Waals surface area contributed by atoms with Gasteiger partial charge in [0, 0.05) is 13.2 Å². The smallest absolute Gasteiger partial charge is 0.109 e. The van der Waals surface area contributed by atoms with Gasteiger partial charge in [0.05, 0.1) is 0 Å². The van der Waals surface area contributed by atoms with Crippen molar-refractivity contribution in [3.63, 3.8) is 0 Å². The summed E-state index contributed by atoms with van der Waals surface area (Å²) in [4.78, 5) is 2.57. The number of halogens is 1. The molecule has 1 N–H and O–H groups in total. The maximum atomic E-state index is 5.63. The molecule has 15 heavy (non-hydrogen) atoms. The van der Waals surface area contributed by atoms with Crippen LogP contribution in [-0.4, -0.2) is 43.9 Å². The quantitative estimate of drug-likeness (QED) is 0.803. The lowest BCUT2D eigenvalue weighted by Gasteiger charge is -2.30. The van der Waals surface area contributed by atoms with Crippen molar-refractivity contribution in [2.45, 2.75) is 38.3 Å². The van der Waals surface area contributed by atoms with Crippen LogP contribution in [0.4, 0.5) is 0 Å². The van der Waals surface area contributed by atoms with Crippen LogP contribution < -0.4 is 5.32 Å². The van der Waals surface area contributed by atoms with Gasteiger partial charge < -0.3 is 9.64 Å². The van der Waals surface area contributed by atoms with Crippen LogP contribution in [0.5, 0.6) is 0 Å². The highest BCUT2D eigenvalue weighted by atomic mass is 35.5. The van der Waals surface area contributed by atoms with Crippen LogP contribution in [0.3, 0.4) is 0 Å². The Balaban J connectivity index is 0.00000112. The lowest BCUT2D eigenvalue weighted by Crippen LogP contribution is -2.41. The lowest BCUT2D eigenvalue weighted by molar-refractivity contribution is -0.00978. The molecule has 0 aliphatic carbocycles. The summed E-state index contributed by atoms with van der Waals surface area (Å²) in [6.45, 7) is 5.87. The van der Waals surface area contributed by atoms with E-state index in [4.69, 9.17) is 4.74 Å². The lowest BCUT2D eigenvalue weighted by atomic mass is 10.1. The maximum absolute atomic E-state index is 5.63. The number of nitrogens with zero attached hydrogens (tertiary/aromatic N) is 1. The summed E-state index contributed by atoms with van der Waals surface area (Å²) in [5, 5.41) is 3.41. The van der Waals surface area contributed by atoms with Crippen molar-refractivity contribution in [2.75, 3.05) is 32.8 Å². The topological polar surface area (TPSA) is 24.5 Å². The van der Waals surface area contributed by atoms with Crippen molar-refractivity contribution >= 4 is 12.4 Å². The van der Waals surface area contributed by atoms with E-state index in [2.05, 4.69) is 10.2 Å². The predicted molar refractivity (Wildman–Crippen MR) is 64.5 cm³/mol. The first-order valence-electron chi connectivity index (χ1n) is 6.02. The Labute approximate surface area is 99.0 Å². The van der Waals surface area contributed by atoms with E-state index >= 15 is 0 Å². The SMILES string of the molecule is C1CCN(CCC2NCCCO2)CC1.Cl. The monoisotopic (exact) mass is 234 g/mol. The molecule has 2 saturated heterocycles. The normalized spacial score (nSPS) is 28.4. The molecule has 2 aliphatic rings. The van der Waals surface area contributed by atoms with Gasteiger partial charge in [-0.05, 0) is 45.3 Å². The molecule has 0 bridgehead atoms. The van der Waals surface area contributed by atoms with Crippen LogP contribution in [0, 0.1) is 0 Å². The zero-order chi connectivity index (χ0) is 9.64. The Kier molecular flexibility index (Phi) is 6.57. The van der Waals surface area contributed by atoms with Crippen LogP contribution in [0.25, 0.3) is 0 Å². The zero-order valence-electron chi connectivity index (χ0n) is 9.41. The second-order valence-electron chi connectivity index (χ2n) is 4.36. The van der Waals surface area contributed by atoms with Crippen molar-refractivity contribution in [3.05, 3.63) is 0 Å². The first-order valence-corrected chi connectivity index (χ1v) is 6.02. The van der Waals surface area contributed by atoms with Crippen molar-refractivity contribution in [1.82, 2.24) is 10.2 Å². The van der Waals surface area contributed by atoms with E-state index in [1.165, 1.54) is 45.3 Å². The average molecular weight is 235 g/mol. The minimum atomic E-state index is 0. The third kappa shape index (κ3) is 4.68. The summed E-state index contributed by atoms with van der Waals surface area (Å²) in [6.07, 6.45) is 6.85. The Morgan fingerprint density at radius 2 is 1.93 bits per heavy atom. The Morgan fingerprint density at radius 3 is 2.60 bits per heavy atom. The van der Waals surface area contributed by atoms with E-state index in [1.807, 2.05) is 0 Å².